The number of hydrogen-bond donors (Lipinski definition) is 3. The van der Waals surface area contributed by atoms with Gasteiger partial charge in [-0.1, -0.05) is 6.07 Å². The number of aliphatic hydroxyl groups excluding tert-OH is 1. The molecule has 1 atom stereocenters. The fourth-order valence-electron chi connectivity index (χ4n) is 2.80. The highest BCUT2D eigenvalue weighted by molar-refractivity contribution is 5.78. The average Bonchev–Trinajstić information content (AvgIpc) is 2.67. The van der Waals surface area contributed by atoms with Gasteiger partial charge in [0.25, 0.3) is 0 Å². The molecule has 138 valence electrons. The number of rotatable bonds is 6. The molecule has 9 heteroatoms. The summed E-state index contributed by atoms with van der Waals surface area (Å²) >= 11 is 0. The molecular formula is C17H22N6O3. The van der Waals surface area contributed by atoms with E-state index >= 15 is 0 Å². The van der Waals surface area contributed by atoms with Gasteiger partial charge in [0, 0.05) is 56.9 Å². The summed E-state index contributed by atoms with van der Waals surface area (Å²) in [4.78, 5) is 38.5. The number of piperazine rings is 1. The Morgan fingerprint density at radius 2 is 1.92 bits per heavy atom. The van der Waals surface area contributed by atoms with Crippen molar-refractivity contribution in [2.45, 2.75) is 6.10 Å². The third kappa shape index (κ3) is 4.87. The monoisotopic (exact) mass is 358 g/mol. The molecule has 0 spiro atoms. The number of nitrogens with one attached hydrogen (secondary N) is 2. The lowest BCUT2D eigenvalue weighted by molar-refractivity contribution is -0.122. The van der Waals surface area contributed by atoms with Crippen LogP contribution in [-0.4, -0.2) is 70.1 Å². The van der Waals surface area contributed by atoms with Crippen LogP contribution >= 0.6 is 0 Å². The van der Waals surface area contributed by atoms with Crippen LogP contribution in [0.1, 0.15) is 11.8 Å². The summed E-state index contributed by atoms with van der Waals surface area (Å²) in [6, 6.07) is 6.33. The molecule has 3 rings (SSSR count). The summed E-state index contributed by atoms with van der Waals surface area (Å²) in [5, 5.41) is 12.7. The lowest BCUT2D eigenvalue weighted by atomic mass is 10.2. The van der Waals surface area contributed by atoms with E-state index in [0.717, 1.165) is 26.2 Å². The first-order valence-corrected chi connectivity index (χ1v) is 8.50. The van der Waals surface area contributed by atoms with Crippen molar-refractivity contribution < 1.29 is 9.90 Å². The second-order valence-corrected chi connectivity index (χ2v) is 6.10. The van der Waals surface area contributed by atoms with Crippen molar-refractivity contribution in [2.75, 3.05) is 44.2 Å². The van der Waals surface area contributed by atoms with Crippen molar-refractivity contribution in [3.05, 3.63) is 52.7 Å². The van der Waals surface area contributed by atoms with Crippen molar-refractivity contribution in [1.82, 2.24) is 25.2 Å². The van der Waals surface area contributed by atoms with Gasteiger partial charge in [-0.05, 0) is 12.1 Å². The van der Waals surface area contributed by atoms with E-state index in [1.54, 1.807) is 30.6 Å². The van der Waals surface area contributed by atoms with Crippen LogP contribution in [0.4, 0.5) is 5.95 Å². The van der Waals surface area contributed by atoms with E-state index in [1.807, 2.05) is 4.90 Å². The number of aromatic amines is 1. The number of carbonyl (C=O) groups excluding carboxylic acids is 1. The maximum absolute atomic E-state index is 12.1. The van der Waals surface area contributed by atoms with Crippen LogP contribution in [0.3, 0.4) is 0 Å². The third-order valence-electron chi connectivity index (χ3n) is 4.22. The van der Waals surface area contributed by atoms with Gasteiger partial charge in [-0.15, -0.1) is 0 Å². The molecule has 0 radical (unpaired) electrons. The second kappa shape index (κ2) is 8.54. The predicted molar refractivity (Wildman–Crippen MR) is 95.7 cm³/mol. The molecule has 1 fully saturated rings. The van der Waals surface area contributed by atoms with Crippen LogP contribution < -0.4 is 15.8 Å². The molecule has 1 aliphatic heterocycles. The van der Waals surface area contributed by atoms with Crippen LogP contribution in [0, 0.1) is 0 Å². The van der Waals surface area contributed by atoms with Gasteiger partial charge in [-0.3, -0.25) is 14.5 Å². The second-order valence-electron chi connectivity index (χ2n) is 6.10. The van der Waals surface area contributed by atoms with Gasteiger partial charge in [-0.2, -0.15) is 0 Å². The third-order valence-corrected chi connectivity index (χ3v) is 4.22. The van der Waals surface area contributed by atoms with Crippen LogP contribution in [0.25, 0.3) is 0 Å². The quantitative estimate of drug-likeness (QED) is 0.615. The summed E-state index contributed by atoms with van der Waals surface area (Å²) in [6.45, 7) is 3.30. The molecule has 2 aromatic rings. The Morgan fingerprint density at radius 1 is 1.19 bits per heavy atom. The average molecular weight is 358 g/mol. The van der Waals surface area contributed by atoms with Gasteiger partial charge in [0.2, 0.25) is 17.4 Å². The van der Waals surface area contributed by atoms with Gasteiger partial charge in [0.1, 0.15) is 6.10 Å². The number of nitrogens with zero attached hydrogens (tertiary/aromatic N) is 4. The molecule has 3 heterocycles. The Hall–Kier alpha value is -2.78. The van der Waals surface area contributed by atoms with Crippen molar-refractivity contribution in [3.8, 4) is 0 Å². The van der Waals surface area contributed by atoms with Gasteiger partial charge in [-0.25, -0.2) is 9.97 Å². The van der Waals surface area contributed by atoms with Crippen LogP contribution in [0.5, 0.6) is 0 Å². The van der Waals surface area contributed by atoms with Gasteiger partial charge >= 0.3 is 0 Å². The summed E-state index contributed by atoms with van der Waals surface area (Å²) in [6.07, 6.45) is 2.49. The summed E-state index contributed by atoms with van der Waals surface area (Å²) in [5.41, 5.74) is 0.0995. The van der Waals surface area contributed by atoms with Crippen molar-refractivity contribution in [3.63, 3.8) is 0 Å². The topological polar surface area (TPSA) is 114 Å². The van der Waals surface area contributed by atoms with Gasteiger partial charge in [0.15, 0.2) is 0 Å². The molecule has 0 saturated carbocycles. The number of aliphatic hydroxyl groups is 1. The molecule has 2 aromatic heterocycles. The molecule has 0 aliphatic carbocycles. The molecular weight excluding hydrogens is 336 g/mol. The molecule has 1 aliphatic rings. The molecule has 0 aromatic carbocycles. The van der Waals surface area contributed by atoms with E-state index in [9.17, 15) is 14.7 Å². The SMILES string of the molecule is O=C(CN1CCN(c2ncccn2)CC1)NCC(O)c1cccc(=O)[nH]1. The Bertz CT molecular complexity index is 773. The molecule has 1 amide bonds. The van der Waals surface area contributed by atoms with Crippen molar-refractivity contribution in [1.29, 1.82) is 0 Å². The first-order chi connectivity index (χ1) is 12.6. The molecule has 26 heavy (non-hydrogen) atoms. The Labute approximate surface area is 150 Å². The highest BCUT2D eigenvalue weighted by Crippen LogP contribution is 2.09. The molecule has 1 unspecified atom stereocenters. The van der Waals surface area contributed by atoms with Gasteiger partial charge in [0.05, 0.1) is 6.54 Å². The maximum atomic E-state index is 12.1. The van der Waals surface area contributed by atoms with E-state index in [2.05, 4.69) is 25.2 Å². The van der Waals surface area contributed by atoms with E-state index < -0.39 is 6.10 Å². The number of carbonyl (C=O) groups is 1. The van der Waals surface area contributed by atoms with Crippen molar-refractivity contribution >= 4 is 11.9 Å². The highest BCUT2D eigenvalue weighted by Gasteiger charge is 2.20. The predicted octanol–water partition coefficient (Wildman–Crippen LogP) is -0.863. The lowest BCUT2D eigenvalue weighted by Gasteiger charge is -2.34. The summed E-state index contributed by atoms with van der Waals surface area (Å²) in [5.74, 6) is 0.545. The van der Waals surface area contributed by atoms with E-state index in [-0.39, 0.29) is 24.6 Å². The zero-order valence-corrected chi connectivity index (χ0v) is 14.3. The van der Waals surface area contributed by atoms with Crippen LogP contribution in [-0.2, 0) is 4.79 Å². The molecule has 0 bridgehead atoms. The van der Waals surface area contributed by atoms with Crippen LogP contribution in [0.2, 0.25) is 0 Å². The molecule has 9 nitrogen and oxygen atoms in total. The minimum atomic E-state index is -0.945. The normalized spacial score (nSPS) is 16.3. The Kier molecular flexibility index (Phi) is 5.92. The fourth-order valence-corrected chi connectivity index (χ4v) is 2.80. The smallest absolute Gasteiger partial charge is 0.248 e. The lowest BCUT2D eigenvalue weighted by Crippen LogP contribution is -2.50. The largest absolute Gasteiger partial charge is 0.385 e. The summed E-state index contributed by atoms with van der Waals surface area (Å²) in [7, 11) is 0. The fraction of sp³-hybridized carbons (Fsp3) is 0.412. The van der Waals surface area contributed by atoms with E-state index in [4.69, 9.17) is 0 Å². The van der Waals surface area contributed by atoms with Gasteiger partial charge < -0.3 is 20.3 Å². The van der Waals surface area contributed by atoms with Crippen LogP contribution in [0.15, 0.2) is 41.5 Å². The van der Waals surface area contributed by atoms with E-state index in [1.165, 1.54) is 6.07 Å². The standard InChI is InChI=1S/C17H22N6O3/c24-14(13-3-1-4-15(25)21-13)11-20-16(26)12-22-7-9-23(10-8-22)17-18-5-2-6-19-17/h1-6,14,24H,7-12H2,(H,20,26)(H,21,25). The minimum Gasteiger partial charge on any atom is -0.385 e. The van der Waals surface area contributed by atoms with Crippen molar-refractivity contribution in [2.24, 2.45) is 0 Å². The minimum absolute atomic E-state index is 0.0522. The first kappa shape index (κ1) is 18.0. The number of hydrogen-bond acceptors (Lipinski definition) is 7. The zero-order valence-electron chi connectivity index (χ0n) is 14.3. The number of aromatic nitrogens is 3. The maximum Gasteiger partial charge on any atom is 0.248 e. The molecule has 1 saturated heterocycles. The molecule has 3 N–H and O–H groups in total. The van der Waals surface area contributed by atoms with E-state index in [0.29, 0.717) is 11.6 Å². The zero-order chi connectivity index (χ0) is 18.4. The number of pyridine rings is 1. The number of H-pyrrole nitrogens is 1. The Morgan fingerprint density at radius 3 is 2.62 bits per heavy atom. The first-order valence-electron chi connectivity index (χ1n) is 8.50. The number of anilines is 1. The Balaban J connectivity index is 1.41. The highest BCUT2D eigenvalue weighted by atomic mass is 16.3. The summed E-state index contributed by atoms with van der Waals surface area (Å²) < 4.78 is 0. The number of amides is 1.